The van der Waals surface area contributed by atoms with Crippen molar-refractivity contribution in [2.45, 2.75) is 56.2 Å². The number of hydrogen-bond donors (Lipinski definition) is 1. The Morgan fingerprint density at radius 3 is 2.33 bits per heavy atom. The van der Waals surface area contributed by atoms with E-state index in [1.165, 1.54) is 12.1 Å². The van der Waals surface area contributed by atoms with Crippen LogP contribution in [-0.4, -0.2) is 89.8 Å². The molecule has 2 aromatic rings. The second-order valence-electron chi connectivity index (χ2n) is 11.2. The number of rotatable bonds is 7. The molecule has 0 bridgehead atoms. The third kappa shape index (κ3) is 6.57. The standard InChI is InChI=1S/C28H37F3N6O2.ClH/c1-34(2)16-12-32-27(39)35-14-10-21(11-15-35)37-25(19-7-8-19)23(17-33-37)26(38)36-13-9-20(18-36)22-5-3-4-6-24(22)28(29,30)31;/h3-6,17,19-21H,7-16,18H2,1-2H3,(H,32,39);1H/t20-;/m1./s1. The van der Waals surface area contributed by atoms with Crippen LogP contribution in [0.4, 0.5) is 18.0 Å². The number of hydrogen-bond acceptors (Lipinski definition) is 4. The molecule has 1 atom stereocenters. The maximum absolute atomic E-state index is 13.6. The molecule has 1 saturated carbocycles. The van der Waals surface area contributed by atoms with Gasteiger partial charge < -0.3 is 20.0 Å². The number of carbonyl (C=O) groups excluding carboxylic acids is 2. The first-order valence-corrected chi connectivity index (χ1v) is 13.8. The van der Waals surface area contributed by atoms with Gasteiger partial charge in [-0.25, -0.2) is 4.79 Å². The highest BCUT2D eigenvalue weighted by Crippen LogP contribution is 2.44. The number of likely N-dealkylation sites (tertiary alicyclic amines) is 2. The second-order valence-corrected chi connectivity index (χ2v) is 11.2. The summed E-state index contributed by atoms with van der Waals surface area (Å²) >= 11 is 0. The minimum atomic E-state index is -4.42. The lowest BCUT2D eigenvalue weighted by atomic mass is 9.93. The molecule has 1 N–H and O–H groups in total. The number of likely N-dealkylation sites (N-methyl/N-ethyl adjacent to an activating group) is 1. The minimum Gasteiger partial charge on any atom is -0.338 e. The number of nitrogens with zero attached hydrogens (tertiary/aromatic N) is 5. The number of aromatic nitrogens is 2. The van der Waals surface area contributed by atoms with Crippen LogP contribution in [0.25, 0.3) is 0 Å². The van der Waals surface area contributed by atoms with Gasteiger partial charge in [0.25, 0.3) is 5.91 Å². The number of halogens is 4. The molecule has 0 radical (unpaired) electrons. The van der Waals surface area contributed by atoms with E-state index in [0.717, 1.165) is 44.0 Å². The van der Waals surface area contributed by atoms with Crippen LogP contribution in [0.15, 0.2) is 30.5 Å². The van der Waals surface area contributed by atoms with E-state index in [1.54, 1.807) is 17.2 Å². The van der Waals surface area contributed by atoms with Gasteiger partial charge in [-0.3, -0.25) is 9.48 Å². The quantitative estimate of drug-likeness (QED) is 0.512. The van der Waals surface area contributed by atoms with E-state index in [1.807, 2.05) is 28.6 Å². The Bertz CT molecular complexity index is 1190. The Morgan fingerprint density at radius 2 is 1.68 bits per heavy atom. The van der Waals surface area contributed by atoms with Gasteiger partial charge in [0.2, 0.25) is 0 Å². The molecule has 5 rings (SSSR count). The van der Waals surface area contributed by atoms with Crippen molar-refractivity contribution in [2.24, 2.45) is 0 Å². The van der Waals surface area contributed by atoms with Crippen molar-refractivity contribution in [3.63, 3.8) is 0 Å². The molecule has 2 saturated heterocycles. The summed E-state index contributed by atoms with van der Waals surface area (Å²) in [7, 11) is 3.93. The Kier molecular flexibility index (Phi) is 9.34. The van der Waals surface area contributed by atoms with Crippen molar-refractivity contribution in [1.29, 1.82) is 0 Å². The zero-order valence-corrected chi connectivity index (χ0v) is 23.8. The van der Waals surface area contributed by atoms with Crippen molar-refractivity contribution in [3.8, 4) is 0 Å². The van der Waals surface area contributed by atoms with E-state index in [-0.39, 0.29) is 54.3 Å². The molecule has 3 heterocycles. The van der Waals surface area contributed by atoms with Crippen molar-refractivity contribution >= 4 is 24.3 Å². The van der Waals surface area contributed by atoms with Gasteiger partial charge in [0.05, 0.1) is 29.1 Å². The summed E-state index contributed by atoms with van der Waals surface area (Å²) in [5, 5.41) is 7.62. The van der Waals surface area contributed by atoms with Gasteiger partial charge >= 0.3 is 12.2 Å². The number of benzene rings is 1. The second kappa shape index (κ2) is 12.4. The molecular weight excluding hydrogens is 545 g/mol. The Labute approximate surface area is 239 Å². The summed E-state index contributed by atoms with van der Waals surface area (Å²) < 4.78 is 42.8. The number of urea groups is 1. The molecule has 12 heteroatoms. The SMILES string of the molecule is CN(C)CCNC(=O)N1CCC(n2ncc(C(=O)N3CC[C@@H](c4ccccc4C(F)(F)F)C3)c2C2CC2)CC1.Cl. The number of alkyl halides is 3. The highest BCUT2D eigenvalue weighted by molar-refractivity contribution is 5.95. The maximum atomic E-state index is 13.6. The van der Waals surface area contributed by atoms with Crippen LogP contribution in [0.5, 0.6) is 0 Å². The van der Waals surface area contributed by atoms with E-state index >= 15 is 0 Å². The van der Waals surface area contributed by atoms with Crippen LogP contribution in [0.2, 0.25) is 0 Å². The fourth-order valence-corrected chi connectivity index (χ4v) is 5.88. The monoisotopic (exact) mass is 582 g/mol. The third-order valence-electron chi connectivity index (χ3n) is 8.14. The number of piperidine rings is 1. The lowest BCUT2D eigenvalue weighted by Gasteiger charge is -2.33. The summed E-state index contributed by atoms with van der Waals surface area (Å²) in [4.78, 5) is 31.7. The topological polar surface area (TPSA) is 73.7 Å². The molecular formula is C28H38ClF3N6O2. The Balaban J connectivity index is 0.00000370. The molecule has 8 nitrogen and oxygen atoms in total. The lowest BCUT2D eigenvalue weighted by Crippen LogP contribution is -2.46. The first-order chi connectivity index (χ1) is 18.6. The predicted molar refractivity (Wildman–Crippen MR) is 148 cm³/mol. The summed E-state index contributed by atoms with van der Waals surface area (Å²) in [6, 6.07) is 5.74. The first kappa shape index (κ1) is 30.2. The molecule has 0 unspecified atom stereocenters. The van der Waals surface area contributed by atoms with Crippen molar-refractivity contribution < 1.29 is 22.8 Å². The van der Waals surface area contributed by atoms with E-state index in [2.05, 4.69) is 10.4 Å². The fraction of sp³-hybridized carbons (Fsp3) is 0.607. The molecule has 1 aromatic carbocycles. The van der Waals surface area contributed by atoms with Crippen LogP contribution in [0.3, 0.4) is 0 Å². The molecule has 220 valence electrons. The third-order valence-corrected chi connectivity index (χ3v) is 8.14. The first-order valence-electron chi connectivity index (χ1n) is 13.8. The van der Waals surface area contributed by atoms with E-state index < -0.39 is 11.7 Å². The summed E-state index contributed by atoms with van der Waals surface area (Å²) in [6.07, 6.45) is 1.25. The van der Waals surface area contributed by atoms with Crippen LogP contribution in [-0.2, 0) is 6.18 Å². The lowest BCUT2D eigenvalue weighted by molar-refractivity contribution is -0.138. The van der Waals surface area contributed by atoms with Crippen molar-refractivity contribution in [1.82, 2.24) is 29.8 Å². The average molecular weight is 583 g/mol. The Morgan fingerprint density at radius 1 is 1.00 bits per heavy atom. The van der Waals surface area contributed by atoms with Crippen molar-refractivity contribution in [2.75, 3.05) is 53.4 Å². The van der Waals surface area contributed by atoms with Gasteiger partial charge in [0.15, 0.2) is 0 Å². The van der Waals surface area contributed by atoms with Crippen LogP contribution >= 0.6 is 12.4 Å². The molecule has 0 spiro atoms. The molecule has 40 heavy (non-hydrogen) atoms. The van der Waals surface area contributed by atoms with Gasteiger partial charge in [-0.2, -0.15) is 18.3 Å². The largest absolute Gasteiger partial charge is 0.416 e. The fourth-order valence-electron chi connectivity index (χ4n) is 5.88. The van der Waals surface area contributed by atoms with Gasteiger partial charge in [-0.15, -0.1) is 12.4 Å². The summed E-state index contributed by atoms with van der Waals surface area (Å²) in [6.45, 7) is 3.32. The number of carbonyl (C=O) groups is 2. The van der Waals surface area contributed by atoms with Gasteiger partial charge in [-0.05, 0) is 57.8 Å². The predicted octanol–water partition coefficient (Wildman–Crippen LogP) is 4.74. The molecule has 3 fully saturated rings. The number of nitrogens with one attached hydrogen (secondary N) is 1. The normalized spacial score (nSPS) is 20.1. The average Bonchev–Trinajstić information content (AvgIpc) is 3.45. The van der Waals surface area contributed by atoms with Gasteiger partial charge in [0, 0.05) is 51.1 Å². The zero-order valence-electron chi connectivity index (χ0n) is 23.0. The molecule has 1 aliphatic carbocycles. The molecule has 2 aliphatic heterocycles. The Hall–Kier alpha value is -2.79. The molecule has 1 aromatic heterocycles. The highest BCUT2D eigenvalue weighted by Gasteiger charge is 2.40. The number of amides is 3. The van der Waals surface area contributed by atoms with Gasteiger partial charge in [0.1, 0.15) is 0 Å². The minimum absolute atomic E-state index is 0. The van der Waals surface area contributed by atoms with Crippen LogP contribution < -0.4 is 5.32 Å². The molecule has 3 aliphatic rings. The maximum Gasteiger partial charge on any atom is 0.416 e. The van der Waals surface area contributed by atoms with Crippen LogP contribution in [0.1, 0.15) is 77.2 Å². The zero-order chi connectivity index (χ0) is 27.7. The van der Waals surface area contributed by atoms with Crippen molar-refractivity contribution in [3.05, 3.63) is 52.8 Å². The van der Waals surface area contributed by atoms with Crippen LogP contribution in [0, 0.1) is 0 Å². The summed E-state index contributed by atoms with van der Waals surface area (Å²) in [5.74, 6) is -0.213. The highest BCUT2D eigenvalue weighted by atomic mass is 35.5. The molecule has 3 amide bonds. The van der Waals surface area contributed by atoms with Gasteiger partial charge in [-0.1, -0.05) is 18.2 Å². The van der Waals surface area contributed by atoms with E-state index in [0.29, 0.717) is 38.2 Å². The smallest absolute Gasteiger partial charge is 0.338 e. The van der Waals surface area contributed by atoms with E-state index in [4.69, 9.17) is 0 Å². The van der Waals surface area contributed by atoms with E-state index in [9.17, 15) is 22.8 Å². The summed E-state index contributed by atoms with van der Waals surface area (Å²) in [5.41, 5.74) is 1.17.